The van der Waals surface area contributed by atoms with Gasteiger partial charge in [0.1, 0.15) is 0 Å². The van der Waals surface area contributed by atoms with E-state index in [1.54, 1.807) is 4.31 Å². The number of rotatable bonds is 5. The van der Waals surface area contributed by atoms with E-state index >= 15 is 0 Å². The minimum absolute atomic E-state index is 0.117. The Morgan fingerprint density at radius 1 is 1.18 bits per heavy atom. The van der Waals surface area contributed by atoms with Crippen LogP contribution in [-0.2, 0) is 10.2 Å². The van der Waals surface area contributed by atoms with E-state index in [0.717, 1.165) is 25.7 Å². The van der Waals surface area contributed by atoms with Gasteiger partial charge in [0.05, 0.1) is 0 Å². The quantitative estimate of drug-likeness (QED) is 0.766. The van der Waals surface area contributed by atoms with E-state index in [-0.39, 0.29) is 12.0 Å². The van der Waals surface area contributed by atoms with Crippen molar-refractivity contribution >= 4 is 10.2 Å². The summed E-state index contributed by atoms with van der Waals surface area (Å²) >= 11 is 0. The fourth-order valence-corrected chi connectivity index (χ4v) is 3.50. The molecule has 1 saturated heterocycles. The SMILES string of the molecule is CC(CN)C(C)NS(=O)(=O)N1CCCCCC1. The van der Waals surface area contributed by atoms with Crippen molar-refractivity contribution in [1.29, 1.82) is 0 Å². The van der Waals surface area contributed by atoms with E-state index in [2.05, 4.69) is 4.72 Å². The van der Waals surface area contributed by atoms with Gasteiger partial charge in [0.15, 0.2) is 0 Å². The molecular weight excluding hydrogens is 238 g/mol. The van der Waals surface area contributed by atoms with Crippen LogP contribution in [0, 0.1) is 5.92 Å². The van der Waals surface area contributed by atoms with E-state index < -0.39 is 10.2 Å². The molecule has 2 atom stereocenters. The van der Waals surface area contributed by atoms with Gasteiger partial charge in [-0.3, -0.25) is 0 Å². The number of nitrogens with one attached hydrogen (secondary N) is 1. The molecule has 17 heavy (non-hydrogen) atoms. The van der Waals surface area contributed by atoms with Crippen LogP contribution in [0.2, 0.25) is 0 Å². The summed E-state index contributed by atoms with van der Waals surface area (Å²) < 4.78 is 28.6. The Labute approximate surface area is 105 Å². The van der Waals surface area contributed by atoms with Crippen molar-refractivity contribution in [3.8, 4) is 0 Å². The van der Waals surface area contributed by atoms with Crippen molar-refractivity contribution in [3.63, 3.8) is 0 Å². The number of hydrogen-bond donors (Lipinski definition) is 2. The summed E-state index contributed by atoms with van der Waals surface area (Å²) in [7, 11) is -3.33. The predicted molar refractivity (Wildman–Crippen MR) is 69.8 cm³/mol. The zero-order chi connectivity index (χ0) is 12.9. The van der Waals surface area contributed by atoms with Crippen LogP contribution in [0.15, 0.2) is 0 Å². The first-order valence-corrected chi connectivity index (χ1v) is 7.89. The molecule has 5 nitrogen and oxygen atoms in total. The Morgan fingerprint density at radius 2 is 1.71 bits per heavy atom. The highest BCUT2D eigenvalue weighted by molar-refractivity contribution is 7.87. The molecule has 0 aromatic heterocycles. The molecule has 2 unspecified atom stereocenters. The van der Waals surface area contributed by atoms with Gasteiger partial charge in [-0.2, -0.15) is 17.4 Å². The summed E-state index contributed by atoms with van der Waals surface area (Å²) in [6.45, 7) is 5.59. The van der Waals surface area contributed by atoms with Gasteiger partial charge in [-0.25, -0.2) is 0 Å². The van der Waals surface area contributed by atoms with E-state index in [1.165, 1.54) is 0 Å². The summed E-state index contributed by atoms with van der Waals surface area (Å²) in [5.74, 6) is 0.150. The Bertz CT molecular complexity index is 311. The monoisotopic (exact) mass is 263 g/mol. The topological polar surface area (TPSA) is 75.4 Å². The van der Waals surface area contributed by atoms with Crippen LogP contribution in [0.4, 0.5) is 0 Å². The van der Waals surface area contributed by atoms with Gasteiger partial charge in [0.2, 0.25) is 0 Å². The highest BCUT2D eigenvalue weighted by atomic mass is 32.2. The van der Waals surface area contributed by atoms with E-state index in [1.807, 2.05) is 13.8 Å². The molecule has 1 aliphatic rings. The average Bonchev–Trinajstić information content (AvgIpc) is 2.56. The maximum atomic E-state index is 12.1. The summed E-state index contributed by atoms with van der Waals surface area (Å²) in [6, 6.07) is -0.117. The van der Waals surface area contributed by atoms with Crippen molar-refractivity contribution in [2.75, 3.05) is 19.6 Å². The molecule has 1 fully saturated rings. The molecule has 6 heteroatoms. The van der Waals surface area contributed by atoms with Crippen LogP contribution < -0.4 is 10.5 Å². The Balaban J connectivity index is 2.60. The maximum Gasteiger partial charge on any atom is 0.279 e. The molecule has 0 bridgehead atoms. The molecular formula is C11H25N3O2S. The van der Waals surface area contributed by atoms with Gasteiger partial charge < -0.3 is 5.73 Å². The smallest absolute Gasteiger partial charge is 0.279 e. The van der Waals surface area contributed by atoms with Crippen LogP contribution >= 0.6 is 0 Å². The third-order valence-corrected chi connectivity index (χ3v) is 5.18. The first-order valence-electron chi connectivity index (χ1n) is 6.45. The molecule has 0 spiro atoms. The lowest BCUT2D eigenvalue weighted by atomic mass is 10.1. The third kappa shape index (κ3) is 4.54. The van der Waals surface area contributed by atoms with Gasteiger partial charge >= 0.3 is 0 Å². The Kier molecular flexibility index (Phi) is 5.85. The Hall–Kier alpha value is -0.170. The van der Waals surface area contributed by atoms with Crippen molar-refractivity contribution in [2.45, 2.75) is 45.6 Å². The molecule has 3 N–H and O–H groups in total. The largest absolute Gasteiger partial charge is 0.330 e. The molecule has 1 aliphatic heterocycles. The van der Waals surface area contributed by atoms with Crippen molar-refractivity contribution < 1.29 is 8.42 Å². The Morgan fingerprint density at radius 3 is 2.18 bits per heavy atom. The highest BCUT2D eigenvalue weighted by Gasteiger charge is 2.25. The zero-order valence-corrected chi connectivity index (χ0v) is 11.7. The molecule has 0 aromatic carbocycles. The summed E-state index contributed by atoms with van der Waals surface area (Å²) in [5, 5.41) is 0. The fourth-order valence-electron chi connectivity index (χ4n) is 1.91. The second kappa shape index (κ2) is 6.68. The molecule has 0 aromatic rings. The number of nitrogens with two attached hydrogens (primary N) is 1. The lowest BCUT2D eigenvalue weighted by Gasteiger charge is -2.25. The second-order valence-corrected chi connectivity index (χ2v) is 6.64. The van der Waals surface area contributed by atoms with Gasteiger partial charge in [0, 0.05) is 19.1 Å². The average molecular weight is 263 g/mol. The van der Waals surface area contributed by atoms with Crippen LogP contribution in [0.5, 0.6) is 0 Å². The van der Waals surface area contributed by atoms with E-state index in [9.17, 15) is 8.42 Å². The number of hydrogen-bond acceptors (Lipinski definition) is 3. The lowest BCUT2D eigenvalue weighted by molar-refractivity contribution is 0.390. The first kappa shape index (κ1) is 14.9. The van der Waals surface area contributed by atoms with E-state index in [0.29, 0.717) is 19.6 Å². The highest BCUT2D eigenvalue weighted by Crippen LogP contribution is 2.13. The zero-order valence-electron chi connectivity index (χ0n) is 10.9. The molecule has 0 amide bonds. The van der Waals surface area contributed by atoms with E-state index in [4.69, 9.17) is 5.73 Å². The molecule has 1 heterocycles. The normalized spacial score (nSPS) is 23.0. The van der Waals surface area contributed by atoms with Crippen molar-refractivity contribution in [1.82, 2.24) is 9.03 Å². The van der Waals surface area contributed by atoms with Crippen LogP contribution in [-0.4, -0.2) is 38.4 Å². The first-order chi connectivity index (χ1) is 7.97. The molecule has 1 rings (SSSR count). The molecule has 0 saturated carbocycles. The van der Waals surface area contributed by atoms with Gasteiger partial charge in [-0.1, -0.05) is 19.8 Å². The summed E-state index contributed by atoms with van der Waals surface area (Å²) in [5.41, 5.74) is 5.55. The van der Waals surface area contributed by atoms with Crippen LogP contribution in [0.1, 0.15) is 39.5 Å². The fraction of sp³-hybridized carbons (Fsp3) is 1.00. The summed E-state index contributed by atoms with van der Waals surface area (Å²) in [6.07, 6.45) is 4.17. The molecule has 0 radical (unpaired) electrons. The van der Waals surface area contributed by atoms with Gasteiger partial charge in [-0.15, -0.1) is 0 Å². The lowest BCUT2D eigenvalue weighted by Crippen LogP contribution is -2.47. The van der Waals surface area contributed by atoms with Crippen LogP contribution in [0.3, 0.4) is 0 Å². The standard InChI is InChI=1S/C11H25N3O2S/c1-10(9-12)11(2)13-17(15,16)14-7-5-3-4-6-8-14/h10-11,13H,3-9,12H2,1-2H3. The van der Waals surface area contributed by atoms with Crippen molar-refractivity contribution in [2.24, 2.45) is 11.7 Å². The minimum Gasteiger partial charge on any atom is -0.330 e. The van der Waals surface area contributed by atoms with Gasteiger partial charge in [-0.05, 0) is 32.2 Å². The second-order valence-electron chi connectivity index (χ2n) is 4.94. The maximum absolute atomic E-state index is 12.1. The van der Waals surface area contributed by atoms with Crippen molar-refractivity contribution in [3.05, 3.63) is 0 Å². The third-order valence-electron chi connectivity index (χ3n) is 3.47. The van der Waals surface area contributed by atoms with Gasteiger partial charge in [0.25, 0.3) is 10.2 Å². The minimum atomic E-state index is -3.33. The summed E-state index contributed by atoms with van der Waals surface area (Å²) in [4.78, 5) is 0. The molecule has 102 valence electrons. The number of nitrogens with zero attached hydrogens (tertiary/aromatic N) is 1. The molecule has 0 aliphatic carbocycles. The van der Waals surface area contributed by atoms with Crippen LogP contribution in [0.25, 0.3) is 0 Å². The predicted octanol–water partition coefficient (Wildman–Crippen LogP) is 0.680.